The molecule has 0 N–H and O–H groups in total. The Morgan fingerprint density at radius 3 is 2.42 bits per heavy atom. The third-order valence-electron chi connectivity index (χ3n) is 7.13. The zero-order chi connectivity index (χ0) is 24.6. The highest BCUT2D eigenvalue weighted by Crippen LogP contribution is 2.25. The third-order valence-corrected chi connectivity index (χ3v) is 7.72. The number of hydrogen-bond acceptors (Lipinski definition) is 6. The largest absolute Gasteiger partial charge is 0.335 e. The third kappa shape index (κ3) is 4.04. The molecule has 36 heavy (non-hydrogen) atoms. The van der Waals surface area contributed by atoms with E-state index in [4.69, 9.17) is 5.26 Å². The number of carbonyl (C=O) groups excluding carboxylic acids is 2. The summed E-state index contributed by atoms with van der Waals surface area (Å²) in [6, 6.07) is 17.8. The first-order chi connectivity index (χ1) is 17.6. The van der Waals surface area contributed by atoms with Gasteiger partial charge in [-0.15, -0.1) is 11.3 Å². The molecule has 4 aromatic rings. The van der Waals surface area contributed by atoms with E-state index in [2.05, 4.69) is 20.5 Å². The van der Waals surface area contributed by atoms with Crippen LogP contribution in [-0.2, 0) is 0 Å². The van der Waals surface area contributed by atoms with Crippen molar-refractivity contribution in [2.75, 3.05) is 39.3 Å². The Balaban J connectivity index is 1.06. The van der Waals surface area contributed by atoms with Crippen LogP contribution in [0, 0.1) is 11.3 Å². The molecule has 2 amide bonds. The summed E-state index contributed by atoms with van der Waals surface area (Å²) in [4.78, 5) is 35.9. The Kier molecular flexibility index (Phi) is 5.76. The van der Waals surface area contributed by atoms with Gasteiger partial charge in [0.05, 0.1) is 22.7 Å². The lowest BCUT2D eigenvalue weighted by Gasteiger charge is -2.48. The number of likely N-dealkylation sites (tertiary alicyclic amines) is 1. The van der Waals surface area contributed by atoms with Crippen LogP contribution in [-0.4, -0.2) is 81.4 Å². The number of rotatable bonds is 4. The molecule has 0 radical (unpaired) electrons. The molecule has 2 saturated heterocycles. The van der Waals surface area contributed by atoms with Crippen molar-refractivity contribution in [1.29, 1.82) is 5.26 Å². The normalized spacial score (nSPS) is 16.6. The van der Waals surface area contributed by atoms with E-state index in [1.165, 1.54) is 11.3 Å². The minimum absolute atomic E-state index is 0.00437. The highest BCUT2D eigenvalue weighted by molar-refractivity contribution is 7.07. The standard InChI is InChI=1S/C27H24N6O2S/c28-14-19-1-4-22(5-2-19)33-8-7-20-13-21(3-6-25(20)33)26(34)32-15-23(16-32)30-9-11-31(12-10-30)27(35)24-17-36-18-29-24/h1-8,13,17-18,23H,9-12,15-16H2. The van der Waals surface area contributed by atoms with Crippen molar-refractivity contribution in [3.63, 3.8) is 0 Å². The first kappa shape index (κ1) is 22.5. The summed E-state index contributed by atoms with van der Waals surface area (Å²) in [6.45, 7) is 4.43. The SMILES string of the molecule is N#Cc1ccc(-n2ccc3cc(C(=O)N4CC(N5CCN(C(=O)c6cscn6)CC5)C4)ccc32)cc1. The van der Waals surface area contributed by atoms with E-state index in [9.17, 15) is 9.59 Å². The smallest absolute Gasteiger partial charge is 0.273 e. The second-order valence-electron chi connectivity index (χ2n) is 9.18. The molecular formula is C27H24N6O2S. The molecule has 8 nitrogen and oxygen atoms in total. The molecule has 0 spiro atoms. The summed E-state index contributed by atoms with van der Waals surface area (Å²) < 4.78 is 2.06. The van der Waals surface area contributed by atoms with E-state index in [0.29, 0.717) is 49.0 Å². The monoisotopic (exact) mass is 496 g/mol. The van der Waals surface area contributed by atoms with Crippen LogP contribution >= 0.6 is 11.3 Å². The lowest BCUT2D eigenvalue weighted by Crippen LogP contribution is -2.64. The number of piperazine rings is 1. The van der Waals surface area contributed by atoms with Crippen LogP contribution < -0.4 is 0 Å². The van der Waals surface area contributed by atoms with Crippen LogP contribution in [0.15, 0.2) is 65.6 Å². The van der Waals surface area contributed by atoms with Gasteiger partial charge in [0, 0.05) is 73.5 Å². The van der Waals surface area contributed by atoms with Gasteiger partial charge >= 0.3 is 0 Å². The summed E-state index contributed by atoms with van der Waals surface area (Å²) in [7, 11) is 0. The average Bonchev–Trinajstić information content (AvgIpc) is 3.58. The minimum atomic E-state index is 0.00437. The summed E-state index contributed by atoms with van der Waals surface area (Å²) in [5.41, 5.74) is 5.52. The Hall–Kier alpha value is -4.00. The van der Waals surface area contributed by atoms with Crippen molar-refractivity contribution >= 4 is 34.1 Å². The van der Waals surface area contributed by atoms with Crippen molar-refractivity contribution in [2.45, 2.75) is 6.04 Å². The molecule has 6 rings (SSSR count). The molecule has 2 aromatic heterocycles. The van der Waals surface area contributed by atoms with Crippen LogP contribution in [0.3, 0.4) is 0 Å². The Bertz CT molecular complexity index is 1460. The molecule has 4 heterocycles. The fraction of sp³-hybridized carbons (Fsp3) is 0.259. The molecule has 9 heteroatoms. The van der Waals surface area contributed by atoms with Gasteiger partial charge in [0.1, 0.15) is 5.69 Å². The number of fused-ring (bicyclic) bond motifs is 1. The maximum atomic E-state index is 13.1. The number of aromatic nitrogens is 2. The predicted molar refractivity (Wildman–Crippen MR) is 137 cm³/mol. The summed E-state index contributed by atoms with van der Waals surface area (Å²) in [5.74, 6) is 0.0568. The van der Waals surface area contributed by atoms with Crippen molar-refractivity contribution in [1.82, 2.24) is 24.3 Å². The Labute approximate surface area is 212 Å². The number of amides is 2. The number of nitrogens with zero attached hydrogens (tertiary/aromatic N) is 6. The van der Waals surface area contributed by atoms with Crippen molar-refractivity contribution in [2.24, 2.45) is 0 Å². The van der Waals surface area contributed by atoms with Crippen LogP contribution in [0.5, 0.6) is 0 Å². The topological polar surface area (TPSA) is 85.5 Å². The zero-order valence-corrected chi connectivity index (χ0v) is 20.4. The number of thiazole rings is 1. The van der Waals surface area contributed by atoms with Gasteiger partial charge in [0.15, 0.2) is 0 Å². The molecule has 0 saturated carbocycles. The molecule has 0 atom stereocenters. The fourth-order valence-electron chi connectivity index (χ4n) is 5.00. The predicted octanol–water partition coefficient (Wildman–Crippen LogP) is 3.24. The summed E-state index contributed by atoms with van der Waals surface area (Å²) in [6.07, 6.45) is 1.98. The van der Waals surface area contributed by atoms with Crippen molar-refractivity contribution in [3.8, 4) is 11.8 Å². The average molecular weight is 497 g/mol. The molecule has 2 aromatic carbocycles. The highest BCUT2D eigenvalue weighted by Gasteiger charge is 2.37. The van der Waals surface area contributed by atoms with Gasteiger partial charge in [-0.05, 0) is 48.5 Å². The lowest BCUT2D eigenvalue weighted by molar-refractivity contribution is 0.00845. The number of carbonyl (C=O) groups is 2. The van der Waals surface area contributed by atoms with Crippen LogP contribution in [0.1, 0.15) is 26.4 Å². The maximum absolute atomic E-state index is 13.1. The van der Waals surface area contributed by atoms with Crippen LogP contribution in [0.25, 0.3) is 16.6 Å². The quantitative estimate of drug-likeness (QED) is 0.433. The molecule has 2 aliphatic heterocycles. The molecule has 2 aliphatic rings. The summed E-state index contributed by atoms with van der Waals surface area (Å²) in [5, 5.41) is 11.8. The fourth-order valence-corrected chi connectivity index (χ4v) is 5.53. The molecule has 0 aliphatic carbocycles. The molecular weight excluding hydrogens is 472 g/mol. The minimum Gasteiger partial charge on any atom is -0.335 e. The van der Waals surface area contributed by atoms with Crippen LogP contribution in [0.4, 0.5) is 0 Å². The Morgan fingerprint density at radius 1 is 0.944 bits per heavy atom. The molecule has 0 bridgehead atoms. The van der Waals surface area contributed by atoms with Gasteiger partial charge in [0.25, 0.3) is 11.8 Å². The summed E-state index contributed by atoms with van der Waals surface area (Å²) >= 11 is 1.44. The molecule has 0 unspecified atom stereocenters. The first-order valence-electron chi connectivity index (χ1n) is 11.9. The Morgan fingerprint density at radius 2 is 1.72 bits per heavy atom. The van der Waals surface area contributed by atoms with Gasteiger partial charge in [0.2, 0.25) is 0 Å². The van der Waals surface area contributed by atoms with Crippen LogP contribution in [0.2, 0.25) is 0 Å². The first-order valence-corrected chi connectivity index (χ1v) is 12.9. The number of nitriles is 1. The molecule has 180 valence electrons. The lowest BCUT2D eigenvalue weighted by atomic mass is 10.0. The van der Waals surface area contributed by atoms with E-state index < -0.39 is 0 Å². The van der Waals surface area contributed by atoms with E-state index in [0.717, 1.165) is 29.7 Å². The van der Waals surface area contributed by atoms with Crippen molar-refractivity contribution < 1.29 is 9.59 Å². The maximum Gasteiger partial charge on any atom is 0.273 e. The van der Waals surface area contributed by atoms with E-state index >= 15 is 0 Å². The zero-order valence-electron chi connectivity index (χ0n) is 19.6. The van der Waals surface area contributed by atoms with Crippen molar-refractivity contribution in [3.05, 3.63) is 82.4 Å². The van der Waals surface area contributed by atoms with E-state index in [-0.39, 0.29) is 11.8 Å². The van der Waals surface area contributed by atoms with E-state index in [1.54, 1.807) is 23.0 Å². The van der Waals surface area contributed by atoms with Gasteiger partial charge in [-0.2, -0.15) is 5.26 Å². The van der Waals surface area contributed by atoms with E-state index in [1.807, 2.05) is 52.4 Å². The second kappa shape index (κ2) is 9.22. The highest BCUT2D eigenvalue weighted by atomic mass is 32.1. The van der Waals surface area contributed by atoms with Gasteiger partial charge in [-0.1, -0.05) is 0 Å². The second-order valence-corrected chi connectivity index (χ2v) is 9.90. The van der Waals surface area contributed by atoms with Gasteiger partial charge < -0.3 is 14.4 Å². The van der Waals surface area contributed by atoms with Gasteiger partial charge in [-0.3, -0.25) is 14.5 Å². The number of benzene rings is 2. The number of hydrogen-bond donors (Lipinski definition) is 0. The molecule has 2 fully saturated rings. The van der Waals surface area contributed by atoms with Gasteiger partial charge in [-0.25, -0.2) is 4.98 Å².